The van der Waals surface area contributed by atoms with Crippen LogP contribution in [0.5, 0.6) is 5.88 Å². The molecule has 0 saturated heterocycles. The van der Waals surface area contributed by atoms with Crippen molar-refractivity contribution in [2.45, 2.75) is 66.9 Å². The van der Waals surface area contributed by atoms with Gasteiger partial charge in [0.25, 0.3) is 0 Å². The first-order valence-corrected chi connectivity index (χ1v) is 7.82. The Labute approximate surface area is 133 Å². The molecular weight excluding hydrogens is 280 g/mol. The van der Waals surface area contributed by atoms with Crippen molar-refractivity contribution in [3.8, 4) is 5.88 Å². The van der Waals surface area contributed by atoms with Crippen LogP contribution in [0.15, 0.2) is 6.20 Å². The number of aromatic nitrogens is 2. The number of hydrogen-bond acceptors (Lipinski definition) is 5. The highest BCUT2D eigenvalue weighted by Crippen LogP contribution is 2.20. The van der Waals surface area contributed by atoms with Crippen molar-refractivity contribution in [2.75, 3.05) is 0 Å². The highest BCUT2D eigenvalue weighted by atomic mass is 16.7. The van der Waals surface area contributed by atoms with Gasteiger partial charge in [-0.3, -0.25) is 4.98 Å². The smallest absolute Gasteiger partial charge is 0.428 e. The number of hydrogen-bond donors (Lipinski definition) is 0. The number of carbonyl (C=O) groups is 1. The molecule has 0 spiro atoms. The van der Waals surface area contributed by atoms with Crippen molar-refractivity contribution in [1.82, 2.24) is 9.97 Å². The lowest BCUT2D eigenvalue weighted by Gasteiger charge is -2.19. The Morgan fingerprint density at radius 1 is 1.14 bits per heavy atom. The number of nitrogens with zero attached hydrogens (tertiary/aromatic N) is 2. The van der Waals surface area contributed by atoms with Gasteiger partial charge in [-0.1, -0.05) is 27.7 Å². The zero-order valence-electron chi connectivity index (χ0n) is 14.8. The van der Waals surface area contributed by atoms with E-state index in [1.807, 2.05) is 0 Å². The molecule has 1 rings (SSSR count). The molecular formula is C17H28N2O3. The van der Waals surface area contributed by atoms with E-state index >= 15 is 0 Å². The second kappa shape index (κ2) is 7.56. The van der Waals surface area contributed by atoms with E-state index in [-0.39, 0.29) is 5.88 Å². The molecule has 22 heavy (non-hydrogen) atoms. The Hall–Kier alpha value is -1.65. The molecule has 0 amide bonds. The molecule has 1 aromatic rings. The maximum atomic E-state index is 11.9. The molecule has 1 aromatic heterocycles. The molecule has 124 valence electrons. The Morgan fingerprint density at radius 3 is 2.23 bits per heavy atom. The van der Waals surface area contributed by atoms with E-state index < -0.39 is 11.8 Å². The van der Waals surface area contributed by atoms with Gasteiger partial charge in [-0.2, -0.15) is 0 Å². The molecule has 0 radical (unpaired) electrons. The Morgan fingerprint density at radius 2 is 1.73 bits per heavy atom. The van der Waals surface area contributed by atoms with Crippen LogP contribution >= 0.6 is 0 Å². The summed E-state index contributed by atoms with van der Waals surface area (Å²) in [6.45, 7) is 13.8. The lowest BCUT2D eigenvalue weighted by molar-refractivity contribution is 0.0193. The molecule has 1 heterocycles. The van der Waals surface area contributed by atoms with Crippen LogP contribution in [0.2, 0.25) is 0 Å². The SMILES string of the molecule is CC(C)Cc1cnc(CC(C)C)c(OC(=O)OC(C)(C)C)n1. The van der Waals surface area contributed by atoms with Gasteiger partial charge in [0.15, 0.2) is 0 Å². The number of ether oxygens (including phenoxy) is 2. The predicted molar refractivity (Wildman–Crippen MR) is 86.0 cm³/mol. The van der Waals surface area contributed by atoms with Crippen LogP contribution < -0.4 is 4.74 Å². The summed E-state index contributed by atoms with van der Waals surface area (Å²) in [6.07, 6.45) is 2.51. The van der Waals surface area contributed by atoms with Gasteiger partial charge in [0.1, 0.15) is 11.3 Å². The monoisotopic (exact) mass is 308 g/mol. The Bertz CT molecular complexity index is 505. The van der Waals surface area contributed by atoms with Gasteiger partial charge in [-0.25, -0.2) is 9.78 Å². The van der Waals surface area contributed by atoms with Crippen molar-refractivity contribution >= 4 is 6.16 Å². The molecule has 0 N–H and O–H groups in total. The van der Waals surface area contributed by atoms with Crippen LogP contribution in [-0.4, -0.2) is 21.7 Å². The standard InChI is InChI=1S/C17H28N2O3/c1-11(2)8-13-10-18-14(9-12(3)4)15(19-13)21-16(20)22-17(5,6)7/h10-12H,8-9H2,1-7H3. The first-order valence-electron chi connectivity index (χ1n) is 7.82. The molecule has 0 fully saturated rings. The van der Waals surface area contributed by atoms with Crippen LogP contribution in [0.25, 0.3) is 0 Å². The lowest BCUT2D eigenvalue weighted by atomic mass is 10.1. The molecule has 0 atom stereocenters. The second-order valence-electron chi connectivity index (χ2n) is 7.38. The van der Waals surface area contributed by atoms with Gasteiger partial charge in [-0.15, -0.1) is 0 Å². The fourth-order valence-corrected chi connectivity index (χ4v) is 1.91. The maximum Gasteiger partial charge on any atom is 0.515 e. The predicted octanol–water partition coefficient (Wildman–Crippen LogP) is 4.19. The third-order valence-corrected chi connectivity index (χ3v) is 2.65. The summed E-state index contributed by atoms with van der Waals surface area (Å²) in [6, 6.07) is 0. The van der Waals surface area contributed by atoms with Crippen LogP contribution in [0.4, 0.5) is 4.79 Å². The van der Waals surface area contributed by atoms with Crippen molar-refractivity contribution in [3.63, 3.8) is 0 Å². The highest BCUT2D eigenvalue weighted by molar-refractivity contribution is 5.64. The summed E-state index contributed by atoms with van der Waals surface area (Å²) in [7, 11) is 0. The molecule has 0 bridgehead atoms. The molecule has 0 aliphatic carbocycles. The maximum absolute atomic E-state index is 11.9. The average molecular weight is 308 g/mol. The Balaban J connectivity index is 2.97. The fraction of sp³-hybridized carbons (Fsp3) is 0.706. The zero-order chi connectivity index (χ0) is 16.9. The van der Waals surface area contributed by atoms with E-state index in [2.05, 4.69) is 37.7 Å². The lowest BCUT2D eigenvalue weighted by Crippen LogP contribution is -2.26. The fourth-order valence-electron chi connectivity index (χ4n) is 1.91. The first kappa shape index (κ1) is 18.4. The van der Waals surface area contributed by atoms with Crippen LogP contribution in [-0.2, 0) is 17.6 Å². The minimum absolute atomic E-state index is 0.265. The van der Waals surface area contributed by atoms with E-state index in [1.165, 1.54) is 0 Å². The van der Waals surface area contributed by atoms with E-state index in [9.17, 15) is 4.79 Å². The Kier molecular flexibility index (Phi) is 6.33. The van der Waals surface area contributed by atoms with Gasteiger partial charge in [0.2, 0.25) is 5.88 Å². The zero-order valence-corrected chi connectivity index (χ0v) is 14.8. The molecule has 5 heteroatoms. The van der Waals surface area contributed by atoms with Crippen molar-refractivity contribution in [1.29, 1.82) is 0 Å². The van der Waals surface area contributed by atoms with E-state index in [4.69, 9.17) is 9.47 Å². The molecule has 0 saturated carbocycles. The summed E-state index contributed by atoms with van der Waals surface area (Å²) < 4.78 is 10.5. The summed E-state index contributed by atoms with van der Waals surface area (Å²) in [5, 5.41) is 0. The third kappa shape index (κ3) is 6.87. The van der Waals surface area contributed by atoms with E-state index in [0.29, 0.717) is 24.0 Å². The normalized spacial score (nSPS) is 11.9. The van der Waals surface area contributed by atoms with E-state index in [0.717, 1.165) is 12.1 Å². The molecule has 0 aromatic carbocycles. The summed E-state index contributed by atoms with van der Waals surface area (Å²) in [5.41, 5.74) is 0.910. The van der Waals surface area contributed by atoms with Gasteiger partial charge in [0.05, 0.1) is 5.69 Å². The van der Waals surface area contributed by atoms with Gasteiger partial charge >= 0.3 is 6.16 Å². The van der Waals surface area contributed by atoms with Gasteiger partial charge in [-0.05, 0) is 45.4 Å². The molecule has 0 unspecified atom stereocenters. The highest BCUT2D eigenvalue weighted by Gasteiger charge is 2.21. The van der Waals surface area contributed by atoms with Crippen molar-refractivity contribution in [2.24, 2.45) is 11.8 Å². The third-order valence-electron chi connectivity index (χ3n) is 2.65. The quantitative estimate of drug-likeness (QED) is 0.763. The minimum atomic E-state index is -0.742. The summed E-state index contributed by atoms with van der Waals surface area (Å²) >= 11 is 0. The molecule has 0 aliphatic rings. The first-order chi connectivity index (χ1) is 10.1. The summed E-state index contributed by atoms with van der Waals surface area (Å²) in [4.78, 5) is 20.8. The topological polar surface area (TPSA) is 61.3 Å². The van der Waals surface area contributed by atoms with Crippen LogP contribution in [0.1, 0.15) is 59.9 Å². The molecule has 0 aliphatic heterocycles. The number of carbonyl (C=O) groups excluding carboxylic acids is 1. The molecule has 5 nitrogen and oxygen atoms in total. The number of rotatable bonds is 5. The van der Waals surface area contributed by atoms with Gasteiger partial charge in [0, 0.05) is 6.20 Å². The van der Waals surface area contributed by atoms with Crippen molar-refractivity contribution < 1.29 is 14.3 Å². The summed E-state index contributed by atoms with van der Waals surface area (Å²) in [5.74, 6) is 1.12. The second-order valence-corrected chi connectivity index (χ2v) is 7.38. The minimum Gasteiger partial charge on any atom is -0.428 e. The van der Waals surface area contributed by atoms with Crippen LogP contribution in [0.3, 0.4) is 0 Å². The van der Waals surface area contributed by atoms with Gasteiger partial charge < -0.3 is 9.47 Å². The van der Waals surface area contributed by atoms with E-state index in [1.54, 1.807) is 27.0 Å². The average Bonchev–Trinajstić information content (AvgIpc) is 2.28. The largest absolute Gasteiger partial charge is 0.515 e. The van der Waals surface area contributed by atoms with Crippen LogP contribution in [0, 0.1) is 11.8 Å². The van der Waals surface area contributed by atoms with Crippen molar-refractivity contribution in [3.05, 3.63) is 17.6 Å².